The van der Waals surface area contributed by atoms with Gasteiger partial charge in [0, 0.05) is 25.7 Å². The molecule has 0 unspecified atom stereocenters. The summed E-state index contributed by atoms with van der Waals surface area (Å²) in [6.45, 7) is 1.72. The number of aromatic nitrogens is 1. The Balaban J connectivity index is 1.47. The van der Waals surface area contributed by atoms with Crippen LogP contribution in [-0.2, 0) is 11.3 Å². The van der Waals surface area contributed by atoms with Gasteiger partial charge in [-0.3, -0.25) is 4.79 Å². The zero-order chi connectivity index (χ0) is 16.8. The second-order valence-corrected chi connectivity index (χ2v) is 5.94. The molecule has 1 saturated heterocycles. The Kier molecular flexibility index (Phi) is 5.59. The van der Waals surface area contributed by atoms with Crippen LogP contribution in [0.2, 0.25) is 0 Å². The molecule has 0 saturated carbocycles. The number of Topliss-reactive ketones (excluding diaryl/α,β-unsaturated/α-hetero) is 1. The molecular formula is C18H20FNO4. The van der Waals surface area contributed by atoms with E-state index in [0.29, 0.717) is 29.5 Å². The molecule has 0 spiro atoms. The molecule has 5 nitrogen and oxygen atoms in total. The fourth-order valence-corrected chi connectivity index (χ4v) is 2.70. The van der Waals surface area contributed by atoms with E-state index in [2.05, 4.69) is 5.16 Å². The zero-order valence-corrected chi connectivity index (χ0v) is 13.4. The second-order valence-electron chi connectivity index (χ2n) is 5.94. The summed E-state index contributed by atoms with van der Waals surface area (Å²) in [7, 11) is 0. The summed E-state index contributed by atoms with van der Waals surface area (Å²) in [6.07, 6.45) is 3.36. The van der Waals surface area contributed by atoms with Crippen LogP contribution in [0.5, 0.6) is 5.75 Å². The zero-order valence-electron chi connectivity index (χ0n) is 13.4. The molecule has 0 aliphatic carbocycles. The van der Waals surface area contributed by atoms with Gasteiger partial charge in [0.05, 0.1) is 0 Å². The van der Waals surface area contributed by atoms with Crippen LogP contribution >= 0.6 is 0 Å². The molecule has 0 amide bonds. The van der Waals surface area contributed by atoms with Gasteiger partial charge in [0.25, 0.3) is 0 Å². The molecule has 3 rings (SSSR count). The van der Waals surface area contributed by atoms with E-state index in [-0.39, 0.29) is 18.2 Å². The lowest BCUT2D eigenvalue weighted by atomic mass is 9.93. The molecule has 1 fully saturated rings. The molecule has 1 aliphatic rings. The number of ketones is 1. The molecule has 0 atom stereocenters. The number of benzene rings is 1. The maximum Gasteiger partial charge on any atom is 0.184 e. The predicted octanol–water partition coefficient (Wildman–Crippen LogP) is 3.78. The summed E-state index contributed by atoms with van der Waals surface area (Å²) in [5, 5.41) is 3.82. The minimum atomic E-state index is -0.320. The summed E-state index contributed by atoms with van der Waals surface area (Å²) in [5.74, 6) is 1.21. The van der Waals surface area contributed by atoms with Gasteiger partial charge in [-0.2, -0.15) is 0 Å². The molecular weight excluding hydrogens is 313 g/mol. The van der Waals surface area contributed by atoms with Crippen LogP contribution in [0, 0.1) is 11.7 Å². The van der Waals surface area contributed by atoms with E-state index in [1.165, 1.54) is 24.3 Å². The van der Waals surface area contributed by atoms with Crippen LogP contribution in [-0.4, -0.2) is 24.2 Å². The van der Waals surface area contributed by atoms with Crippen molar-refractivity contribution in [1.82, 2.24) is 5.16 Å². The third kappa shape index (κ3) is 4.64. The number of nitrogens with zero attached hydrogens (tertiary/aromatic N) is 1. The van der Waals surface area contributed by atoms with E-state index >= 15 is 0 Å². The molecule has 24 heavy (non-hydrogen) atoms. The molecule has 1 aliphatic heterocycles. The smallest absolute Gasteiger partial charge is 0.184 e. The molecule has 2 aromatic rings. The number of rotatable bonds is 7. The summed E-state index contributed by atoms with van der Waals surface area (Å²) < 4.78 is 28.7. The standard InChI is InChI=1S/C18H20FNO4/c19-14-2-4-15(5-3-14)23-12-16-11-17(20-24-16)18(21)6-1-13-7-9-22-10-8-13/h2-5,11,13H,1,6-10,12H2. The van der Waals surface area contributed by atoms with Crippen molar-refractivity contribution in [2.45, 2.75) is 32.3 Å². The number of hydrogen-bond acceptors (Lipinski definition) is 5. The lowest BCUT2D eigenvalue weighted by Crippen LogP contribution is -2.16. The highest BCUT2D eigenvalue weighted by molar-refractivity contribution is 5.94. The van der Waals surface area contributed by atoms with Crippen LogP contribution in [0.15, 0.2) is 34.9 Å². The Hall–Kier alpha value is -2.21. The Morgan fingerprint density at radius 3 is 2.75 bits per heavy atom. The van der Waals surface area contributed by atoms with Crippen molar-refractivity contribution < 1.29 is 23.2 Å². The highest BCUT2D eigenvalue weighted by atomic mass is 19.1. The highest BCUT2D eigenvalue weighted by Crippen LogP contribution is 2.21. The van der Waals surface area contributed by atoms with Gasteiger partial charge in [-0.1, -0.05) is 5.16 Å². The summed E-state index contributed by atoms with van der Waals surface area (Å²) in [5.41, 5.74) is 0.333. The lowest BCUT2D eigenvalue weighted by molar-refractivity contribution is 0.0618. The van der Waals surface area contributed by atoms with E-state index in [0.717, 1.165) is 32.5 Å². The Morgan fingerprint density at radius 2 is 2.00 bits per heavy atom. The van der Waals surface area contributed by atoms with Crippen molar-refractivity contribution in [3.8, 4) is 5.75 Å². The molecule has 0 radical (unpaired) electrons. The number of carbonyl (C=O) groups excluding carboxylic acids is 1. The van der Waals surface area contributed by atoms with Gasteiger partial charge in [-0.25, -0.2) is 4.39 Å². The molecule has 0 bridgehead atoms. The first-order valence-electron chi connectivity index (χ1n) is 8.15. The average molecular weight is 333 g/mol. The molecule has 1 aromatic heterocycles. The van der Waals surface area contributed by atoms with Gasteiger partial charge >= 0.3 is 0 Å². The van der Waals surface area contributed by atoms with Crippen molar-refractivity contribution >= 4 is 5.78 Å². The maximum atomic E-state index is 12.8. The van der Waals surface area contributed by atoms with Crippen LogP contribution < -0.4 is 4.74 Å². The Labute approximate surface area is 139 Å². The quantitative estimate of drug-likeness (QED) is 0.722. The number of ether oxygens (including phenoxy) is 2. The van der Waals surface area contributed by atoms with Gasteiger partial charge < -0.3 is 14.0 Å². The summed E-state index contributed by atoms with van der Waals surface area (Å²) in [6, 6.07) is 7.31. The first-order valence-corrected chi connectivity index (χ1v) is 8.15. The highest BCUT2D eigenvalue weighted by Gasteiger charge is 2.18. The van der Waals surface area contributed by atoms with Gasteiger partial charge in [0.1, 0.15) is 23.9 Å². The molecule has 6 heteroatoms. The monoisotopic (exact) mass is 333 g/mol. The maximum absolute atomic E-state index is 12.8. The van der Waals surface area contributed by atoms with Crippen LogP contribution in [0.1, 0.15) is 41.9 Å². The largest absolute Gasteiger partial charge is 0.486 e. The predicted molar refractivity (Wildman–Crippen MR) is 84.3 cm³/mol. The van der Waals surface area contributed by atoms with Crippen molar-refractivity contribution in [3.63, 3.8) is 0 Å². The van der Waals surface area contributed by atoms with E-state index in [9.17, 15) is 9.18 Å². The first kappa shape index (κ1) is 16.6. The van der Waals surface area contributed by atoms with Crippen molar-refractivity contribution in [3.05, 3.63) is 47.6 Å². The van der Waals surface area contributed by atoms with Gasteiger partial charge in [-0.15, -0.1) is 0 Å². The Bertz CT molecular complexity index is 662. The fourth-order valence-electron chi connectivity index (χ4n) is 2.70. The van der Waals surface area contributed by atoms with Crippen LogP contribution in [0.3, 0.4) is 0 Å². The normalized spacial score (nSPS) is 15.4. The molecule has 0 N–H and O–H groups in total. The summed E-state index contributed by atoms with van der Waals surface area (Å²) in [4.78, 5) is 12.2. The van der Waals surface area contributed by atoms with Gasteiger partial charge in [-0.05, 0) is 49.4 Å². The van der Waals surface area contributed by atoms with Crippen molar-refractivity contribution in [1.29, 1.82) is 0 Å². The van der Waals surface area contributed by atoms with E-state index in [1.54, 1.807) is 6.07 Å². The Morgan fingerprint density at radius 1 is 1.25 bits per heavy atom. The van der Waals surface area contributed by atoms with Gasteiger partial charge in [0.2, 0.25) is 0 Å². The first-order chi connectivity index (χ1) is 11.7. The molecule has 1 aromatic carbocycles. The topological polar surface area (TPSA) is 61.6 Å². The van der Waals surface area contributed by atoms with Crippen molar-refractivity contribution in [2.75, 3.05) is 13.2 Å². The van der Waals surface area contributed by atoms with Crippen molar-refractivity contribution in [2.24, 2.45) is 5.92 Å². The second kappa shape index (κ2) is 8.06. The minimum Gasteiger partial charge on any atom is -0.486 e. The number of carbonyl (C=O) groups is 1. The van der Waals surface area contributed by atoms with Gasteiger partial charge in [0.15, 0.2) is 11.5 Å². The molecule has 128 valence electrons. The number of hydrogen-bond donors (Lipinski definition) is 0. The third-order valence-corrected chi connectivity index (χ3v) is 4.16. The average Bonchev–Trinajstić information content (AvgIpc) is 3.09. The SMILES string of the molecule is O=C(CCC1CCOCC1)c1cc(COc2ccc(F)cc2)on1. The number of halogens is 1. The van der Waals surface area contributed by atoms with Crippen LogP contribution in [0.4, 0.5) is 4.39 Å². The van der Waals surface area contributed by atoms with E-state index < -0.39 is 0 Å². The fraction of sp³-hybridized carbons (Fsp3) is 0.444. The molecule has 2 heterocycles. The lowest BCUT2D eigenvalue weighted by Gasteiger charge is -2.21. The minimum absolute atomic E-state index is 0.0155. The third-order valence-electron chi connectivity index (χ3n) is 4.16. The summed E-state index contributed by atoms with van der Waals surface area (Å²) >= 11 is 0. The van der Waals surface area contributed by atoms with Crippen LogP contribution in [0.25, 0.3) is 0 Å². The van der Waals surface area contributed by atoms with E-state index in [1.807, 2.05) is 0 Å². The van der Waals surface area contributed by atoms with E-state index in [4.69, 9.17) is 14.0 Å².